The van der Waals surface area contributed by atoms with Crippen molar-refractivity contribution in [2.75, 3.05) is 30.0 Å². The number of hydrogen-bond donors (Lipinski definition) is 1. The van der Waals surface area contributed by atoms with Crippen molar-refractivity contribution in [1.29, 1.82) is 0 Å². The molecule has 1 fully saturated rings. The lowest BCUT2D eigenvalue weighted by Gasteiger charge is -2.14. The van der Waals surface area contributed by atoms with E-state index in [2.05, 4.69) is 36.1 Å². The molecule has 1 aliphatic rings. The second-order valence-corrected chi connectivity index (χ2v) is 5.67. The van der Waals surface area contributed by atoms with Crippen molar-refractivity contribution in [2.24, 2.45) is 5.92 Å². The maximum Gasteiger partial charge on any atom is 0.119 e. The number of ether oxygens (including phenoxy) is 1. The van der Waals surface area contributed by atoms with Crippen molar-refractivity contribution in [3.63, 3.8) is 0 Å². The molecule has 0 aromatic heterocycles. The third kappa shape index (κ3) is 3.56. The molecule has 1 unspecified atom stereocenters. The molecule has 2 nitrogen and oxygen atoms in total. The Morgan fingerprint density at radius 2 is 2.35 bits per heavy atom. The Balaban J connectivity index is 1.91. The summed E-state index contributed by atoms with van der Waals surface area (Å²) >= 11 is 2.07. The Bertz CT molecular complexity index is 361. The average molecular weight is 251 g/mol. The van der Waals surface area contributed by atoms with Crippen LogP contribution in [0.3, 0.4) is 0 Å². The van der Waals surface area contributed by atoms with Gasteiger partial charge in [-0.2, -0.15) is 11.8 Å². The molecule has 0 spiro atoms. The van der Waals surface area contributed by atoms with Crippen LogP contribution >= 0.6 is 11.8 Å². The molecule has 1 aliphatic heterocycles. The van der Waals surface area contributed by atoms with Crippen molar-refractivity contribution in [3.05, 3.63) is 23.8 Å². The first-order chi connectivity index (χ1) is 8.29. The standard InChI is InChI=1S/C14H21NOS/c1-3-16-13-4-5-14(11(2)8-13)15-9-12-6-7-17-10-12/h4-5,8,12,15H,3,6-7,9-10H2,1-2H3. The van der Waals surface area contributed by atoms with E-state index in [1.165, 1.54) is 29.2 Å². The second-order valence-electron chi connectivity index (χ2n) is 4.52. The van der Waals surface area contributed by atoms with Gasteiger partial charge in [0.05, 0.1) is 6.61 Å². The van der Waals surface area contributed by atoms with Crippen LogP contribution < -0.4 is 10.1 Å². The summed E-state index contributed by atoms with van der Waals surface area (Å²) < 4.78 is 5.49. The molecule has 1 aromatic carbocycles. The number of anilines is 1. The zero-order chi connectivity index (χ0) is 12.1. The molecule has 94 valence electrons. The van der Waals surface area contributed by atoms with E-state index < -0.39 is 0 Å². The fraction of sp³-hybridized carbons (Fsp3) is 0.571. The van der Waals surface area contributed by atoms with Crippen LogP contribution in [-0.4, -0.2) is 24.7 Å². The molecule has 1 atom stereocenters. The maximum atomic E-state index is 5.49. The first-order valence-electron chi connectivity index (χ1n) is 6.34. The molecule has 3 heteroatoms. The number of rotatable bonds is 5. The van der Waals surface area contributed by atoms with Gasteiger partial charge in [-0.05, 0) is 61.5 Å². The highest BCUT2D eigenvalue weighted by molar-refractivity contribution is 7.99. The molecule has 2 rings (SSSR count). The summed E-state index contributed by atoms with van der Waals surface area (Å²) in [5.41, 5.74) is 2.51. The number of thioether (sulfide) groups is 1. The van der Waals surface area contributed by atoms with Gasteiger partial charge >= 0.3 is 0 Å². The lowest BCUT2D eigenvalue weighted by atomic mass is 10.1. The zero-order valence-electron chi connectivity index (χ0n) is 10.7. The van der Waals surface area contributed by atoms with Crippen LogP contribution in [0.15, 0.2) is 18.2 Å². The normalized spacial score (nSPS) is 19.3. The zero-order valence-corrected chi connectivity index (χ0v) is 11.5. The number of aryl methyl sites for hydroxylation is 1. The van der Waals surface area contributed by atoms with E-state index in [1.807, 2.05) is 13.0 Å². The summed E-state index contributed by atoms with van der Waals surface area (Å²) in [6.07, 6.45) is 1.35. The lowest BCUT2D eigenvalue weighted by molar-refractivity contribution is 0.340. The highest BCUT2D eigenvalue weighted by Crippen LogP contribution is 2.25. The molecule has 0 radical (unpaired) electrons. The summed E-state index contributed by atoms with van der Waals surface area (Å²) in [5, 5.41) is 3.56. The summed E-state index contributed by atoms with van der Waals surface area (Å²) in [6, 6.07) is 6.28. The minimum absolute atomic E-state index is 0.728. The van der Waals surface area contributed by atoms with E-state index in [0.29, 0.717) is 0 Å². The minimum atomic E-state index is 0.728. The van der Waals surface area contributed by atoms with Crippen LogP contribution in [0.1, 0.15) is 18.9 Å². The monoisotopic (exact) mass is 251 g/mol. The van der Waals surface area contributed by atoms with Gasteiger partial charge in [0.25, 0.3) is 0 Å². The fourth-order valence-corrected chi connectivity index (χ4v) is 3.37. The average Bonchev–Trinajstić information content (AvgIpc) is 2.81. The van der Waals surface area contributed by atoms with Crippen molar-refractivity contribution < 1.29 is 4.74 Å². The molecule has 1 heterocycles. The van der Waals surface area contributed by atoms with E-state index in [9.17, 15) is 0 Å². The Kier molecular flexibility index (Phi) is 4.60. The van der Waals surface area contributed by atoms with Crippen molar-refractivity contribution >= 4 is 17.4 Å². The van der Waals surface area contributed by atoms with Gasteiger partial charge in [-0.1, -0.05) is 0 Å². The Hall–Kier alpha value is -0.830. The number of benzene rings is 1. The summed E-state index contributed by atoms with van der Waals surface area (Å²) in [4.78, 5) is 0. The quantitative estimate of drug-likeness (QED) is 0.864. The number of hydrogen-bond acceptors (Lipinski definition) is 3. The van der Waals surface area contributed by atoms with Crippen molar-refractivity contribution in [2.45, 2.75) is 20.3 Å². The van der Waals surface area contributed by atoms with E-state index in [1.54, 1.807) is 0 Å². The summed E-state index contributed by atoms with van der Waals surface area (Å²) in [7, 11) is 0. The van der Waals surface area contributed by atoms with Crippen LogP contribution in [0.4, 0.5) is 5.69 Å². The van der Waals surface area contributed by atoms with Gasteiger partial charge in [0, 0.05) is 12.2 Å². The van der Waals surface area contributed by atoms with E-state index in [4.69, 9.17) is 4.74 Å². The first kappa shape index (κ1) is 12.6. The smallest absolute Gasteiger partial charge is 0.119 e. The lowest BCUT2D eigenvalue weighted by Crippen LogP contribution is -2.14. The molecule has 0 amide bonds. The van der Waals surface area contributed by atoms with Crippen LogP contribution in [0, 0.1) is 12.8 Å². The highest BCUT2D eigenvalue weighted by atomic mass is 32.2. The third-order valence-electron chi connectivity index (χ3n) is 3.11. The van der Waals surface area contributed by atoms with Crippen LogP contribution in [-0.2, 0) is 0 Å². The predicted octanol–water partition coefficient (Wildman–Crippen LogP) is 3.56. The molecule has 1 N–H and O–H groups in total. The van der Waals surface area contributed by atoms with Crippen molar-refractivity contribution in [3.8, 4) is 5.75 Å². The minimum Gasteiger partial charge on any atom is -0.494 e. The van der Waals surface area contributed by atoms with Crippen LogP contribution in [0.2, 0.25) is 0 Å². The maximum absolute atomic E-state index is 5.49. The molecule has 0 saturated carbocycles. The Labute approximate surface area is 108 Å². The van der Waals surface area contributed by atoms with Gasteiger partial charge in [0.2, 0.25) is 0 Å². The predicted molar refractivity (Wildman–Crippen MR) is 76.3 cm³/mol. The molecule has 1 saturated heterocycles. The van der Waals surface area contributed by atoms with Gasteiger partial charge < -0.3 is 10.1 Å². The molecule has 0 bridgehead atoms. The molecular weight excluding hydrogens is 230 g/mol. The van der Waals surface area contributed by atoms with Gasteiger partial charge in [-0.25, -0.2) is 0 Å². The number of nitrogens with one attached hydrogen (secondary N) is 1. The van der Waals surface area contributed by atoms with E-state index in [-0.39, 0.29) is 0 Å². The Morgan fingerprint density at radius 1 is 1.47 bits per heavy atom. The van der Waals surface area contributed by atoms with Gasteiger partial charge in [0.15, 0.2) is 0 Å². The topological polar surface area (TPSA) is 21.3 Å². The third-order valence-corrected chi connectivity index (χ3v) is 4.35. The molecular formula is C14H21NOS. The molecule has 17 heavy (non-hydrogen) atoms. The molecule has 1 aromatic rings. The van der Waals surface area contributed by atoms with Crippen LogP contribution in [0.25, 0.3) is 0 Å². The molecule has 0 aliphatic carbocycles. The van der Waals surface area contributed by atoms with E-state index in [0.717, 1.165) is 24.8 Å². The van der Waals surface area contributed by atoms with E-state index >= 15 is 0 Å². The summed E-state index contributed by atoms with van der Waals surface area (Å²) in [5.74, 6) is 4.44. The SMILES string of the molecule is CCOc1ccc(NCC2CCSC2)c(C)c1. The Morgan fingerprint density at radius 3 is 3.00 bits per heavy atom. The summed E-state index contributed by atoms with van der Waals surface area (Å²) in [6.45, 7) is 5.97. The first-order valence-corrected chi connectivity index (χ1v) is 7.50. The second kappa shape index (κ2) is 6.20. The van der Waals surface area contributed by atoms with Gasteiger partial charge in [-0.15, -0.1) is 0 Å². The largest absolute Gasteiger partial charge is 0.494 e. The van der Waals surface area contributed by atoms with Gasteiger partial charge in [0.1, 0.15) is 5.75 Å². The fourth-order valence-electron chi connectivity index (χ4n) is 2.09. The van der Waals surface area contributed by atoms with Crippen molar-refractivity contribution in [1.82, 2.24) is 0 Å². The van der Waals surface area contributed by atoms with Gasteiger partial charge in [-0.3, -0.25) is 0 Å². The van der Waals surface area contributed by atoms with Crippen LogP contribution in [0.5, 0.6) is 5.75 Å². The highest BCUT2D eigenvalue weighted by Gasteiger charge is 2.15.